The highest BCUT2D eigenvalue weighted by molar-refractivity contribution is 7.98. The minimum atomic E-state index is -0.364. The topological polar surface area (TPSA) is 39.9 Å². The molecule has 1 atom stereocenters. The second-order valence-corrected chi connectivity index (χ2v) is 7.73. The second-order valence-electron chi connectivity index (χ2n) is 5.95. The van der Waals surface area contributed by atoms with E-state index in [1.165, 1.54) is 17.8 Å². The molecule has 1 aromatic heterocycles. The zero-order chi connectivity index (χ0) is 20.1. The van der Waals surface area contributed by atoms with Crippen LogP contribution in [0.25, 0.3) is 0 Å². The lowest BCUT2D eigenvalue weighted by molar-refractivity contribution is 0.210. The quantitative estimate of drug-likeness (QED) is 0.304. The van der Waals surface area contributed by atoms with Crippen molar-refractivity contribution in [3.8, 4) is 5.75 Å². The van der Waals surface area contributed by atoms with Crippen LogP contribution in [-0.4, -0.2) is 14.8 Å². The summed E-state index contributed by atoms with van der Waals surface area (Å²) in [7, 11) is 0. The maximum Gasteiger partial charge on any atom is 0.191 e. The number of benzene rings is 2. The summed E-state index contributed by atoms with van der Waals surface area (Å²) in [5.74, 6) is 1.28. The highest BCUT2D eigenvalue weighted by atomic mass is 35.5. The van der Waals surface area contributed by atoms with Crippen molar-refractivity contribution in [2.45, 2.75) is 30.5 Å². The molecule has 0 fully saturated rings. The van der Waals surface area contributed by atoms with Gasteiger partial charge in [-0.2, -0.15) is 0 Å². The zero-order valence-corrected chi connectivity index (χ0v) is 17.4. The molecule has 3 rings (SSSR count). The Labute approximate surface area is 177 Å². The van der Waals surface area contributed by atoms with Crippen LogP contribution >= 0.6 is 35.0 Å². The number of rotatable bonds is 8. The molecule has 0 aliphatic rings. The van der Waals surface area contributed by atoms with E-state index in [1.807, 2.05) is 23.6 Å². The molecule has 0 aliphatic carbocycles. The highest BCUT2D eigenvalue weighted by Gasteiger charge is 2.20. The molecule has 0 saturated carbocycles. The van der Waals surface area contributed by atoms with Crippen LogP contribution < -0.4 is 4.74 Å². The first-order chi connectivity index (χ1) is 13.5. The Balaban J connectivity index is 1.80. The fourth-order valence-corrected chi connectivity index (χ4v) is 4.09. The minimum absolute atomic E-state index is 0.338. The van der Waals surface area contributed by atoms with Gasteiger partial charge in [0, 0.05) is 27.9 Å². The van der Waals surface area contributed by atoms with Gasteiger partial charge in [-0.05, 0) is 37.3 Å². The Kier molecular flexibility index (Phi) is 6.99. The van der Waals surface area contributed by atoms with Gasteiger partial charge in [0.1, 0.15) is 11.6 Å². The average molecular weight is 438 g/mol. The molecule has 0 saturated heterocycles. The number of allylic oxidation sites excluding steroid dienone is 1. The number of thioether (sulfide) groups is 1. The first-order valence-corrected chi connectivity index (χ1v) is 10.3. The fourth-order valence-electron chi connectivity index (χ4n) is 2.61. The van der Waals surface area contributed by atoms with Gasteiger partial charge in [0.25, 0.3) is 0 Å². The van der Waals surface area contributed by atoms with Crippen molar-refractivity contribution < 1.29 is 9.13 Å². The Morgan fingerprint density at radius 2 is 2.04 bits per heavy atom. The molecular formula is C20H18Cl2FN3OS. The molecule has 0 spiro atoms. The third-order valence-corrected chi connectivity index (χ3v) is 5.52. The van der Waals surface area contributed by atoms with Crippen LogP contribution in [0, 0.1) is 5.82 Å². The lowest BCUT2D eigenvalue weighted by Crippen LogP contribution is -2.12. The molecule has 8 heteroatoms. The maximum absolute atomic E-state index is 14.0. The molecule has 1 heterocycles. The normalized spacial score (nSPS) is 12.0. The third kappa shape index (κ3) is 4.87. The third-order valence-electron chi connectivity index (χ3n) is 3.94. The predicted octanol–water partition coefficient (Wildman–Crippen LogP) is 6.34. The average Bonchev–Trinajstić information content (AvgIpc) is 3.04. The van der Waals surface area contributed by atoms with E-state index in [1.54, 1.807) is 30.3 Å². The van der Waals surface area contributed by atoms with E-state index in [0.29, 0.717) is 44.6 Å². The zero-order valence-electron chi connectivity index (χ0n) is 15.1. The van der Waals surface area contributed by atoms with Crippen LogP contribution in [-0.2, 0) is 12.3 Å². The summed E-state index contributed by atoms with van der Waals surface area (Å²) in [5.41, 5.74) is 0.437. The van der Waals surface area contributed by atoms with Gasteiger partial charge in [0.2, 0.25) is 0 Å². The van der Waals surface area contributed by atoms with E-state index < -0.39 is 0 Å². The first kappa shape index (κ1) is 20.7. The predicted molar refractivity (Wildman–Crippen MR) is 112 cm³/mol. The number of halogens is 3. The molecule has 0 bridgehead atoms. The van der Waals surface area contributed by atoms with E-state index in [9.17, 15) is 4.39 Å². The minimum Gasteiger partial charge on any atom is -0.483 e. The summed E-state index contributed by atoms with van der Waals surface area (Å²) in [6, 6.07) is 11.8. The summed E-state index contributed by atoms with van der Waals surface area (Å²) in [6.45, 7) is 6.17. The smallest absolute Gasteiger partial charge is 0.191 e. The SMILES string of the molecule is C=CCn1c(SCc2c(F)cccc2Cl)nnc1C(C)Oc1cccc(Cl)c1. The molecular weight excluding hydrogens is 420 g/mol. The first-order valence-electron chi connectivity index (χ1n) is 8.51. The van der Waals surface area contributed by atoms with E-state index in [4.69, 9.17) is 27.9 Å². The van der Waals surface area contributed by atoms with Gasteiger partial charge < -0.3 is 4.74 Å². The van der Waals surface area contributed by atoms with Gasteiger partial charge >= 0.3 is 0 Å². The number of aromatic nitrogens is 3. The van der Waals surface area contributed by atoms with Crippen molar-refractivity contribution >= 4 is 35.0 Å². The summed E-state index contributed by atoms with van der Waals surface area (Å²) in [6.07, 6.45) is 1.39. The molecule has 0 radical (unpaired) electrons. The maximum atomic E-state index is 14.0. The fraction of sp³-hybridized carbons (Fsp3) is 0.200. The molecule has 3 aromatic rings. The number of hydrogen-bond acceptors (Lipinski definition) is 4. The summed E-state index contributed by atoms with van der Waals surface area (Å²) in [5, 5.41) is 10.1. The van der Waals surface area contributed by atoms with Crippen LogP contribution in [0.1, 0.15) is 24.4 Å². The number of ether oxygens (including phenoxy) is 1. The molecule has 1 unspecified atom stereocenters. The lowest BCUT2D eigenvalue weighted by atomic mass is 10.2. The van der Waals surface area contributed by atoms with Crippen LogP contribution in [0.5, 0.6) is 5.75 Å². The standard InChI is InChI=1S/C20H18Cl2FN3OS/c1-3-10-26-19(13(2)27-15-7-4-6-14(21)11-15)24-25-20(26)28-12-16-17(22)8-5-9-18(16)23/h3-9,11,13H,1,10,12H2,2H3. The lowest BCUT2D eigenvalue weighted by Gasteiger charge is -2.16. The van der Waals surface area contributed by atoms with Crippen molar-refractivity contribution in [1.82, 2.24) is 14.8 Å². The Morgan fingerprint density at radius 1 is 1.25 bits per heavy atom. The van der Waals surface area contributed by atoms with Crippen LogP contribution in [0.15, 0.2) is 60.3 Å². The van der Waals surface area contributed by atoms with E-state index in [-0.39, 0.29) is 11.9 Å². The molecule has 0 aliphatic heterocycles. The monoisotopic (exact) mass is 437 g/mol. The van der Waals surface area contributed by atoms with Gasteiger partial charge in [-0.1, -0.05) is 53.2 Å². The van der Waals surface area contributed by atoms with Crippen molar-refractivity contribution in [2.24, 2.45) is 0 Å². The number of nitrogens with zero attached hydrogens (tertiary/aromatic N) is 3. The Morgan fingerprint density at radius 3 is 2.75 bits per heavy atom. The molecule has 0 N–H and O–H groups in total. The molecule has 4 nitrogen and oxygen atoms in total. The summed E-state index contributed by atoms with van der Waals surface area (Å²) < 4.78 is 21.9. The van der Waals surface area contributed by atoms with Gasteiger partial charge in [0.05, 0.1) is 0 Å². The van der Waals surface area contributed by atoms with Gasteiger partial charge in [-0.15, -0.1) is 16.8 Å². The highest BCUT2D eigenvalue weighted by Crippen LogP contribution is 2.30. The largest absolute Gasteiger partial charge is 0.483 e. The van der Waals surface area contributed by atoms with Crippen LogP contribution in [0.3, 0.4) is 0 Å². The van der Waals surface area contributed by atoms with Gasteiger partial charge in [0.15, 0.2) is 17.1 Å². The Bertz CT molecular complexity index is 960. The van der Waals surface area contributed by atoms with Crippen molar-refractivity contribution in [2.75, 3.05) is 0 Å². The number of hydrogen-bond donors (Lipinski definition) is 0. The van der Waals surface area contributed by atoms with Crippen LogP contribution in [0.2, 0.25) is 10.0 Å². The van der Waals surface area contributed by atoms with E-state index in [2.05, 4.69) is 16.8 Å². The second kappa shape index (κ2) is 9.45. The van der Waals surface area contributed by atoms with Crippen molar-refractivity contribution in [3.05, 3.63) is 82.4 Å². The molecule has 0 amide bonds. The molecule has 2 aromatic carbocycles. The summed E-state index contributed by atoms with van der Waals surface area (Å²) in [4.78, 5) is 0. The van der Waals surface area contributed by atoms with Gasteiger partial charge in [-0.3, -0.25) is 4.57 Å². The molecule has 28 heavy (non-hydrogen) atoms. The molecule has 146 valence electrons. The van der Waals surface area contributed by atoms with Gasteiger partial charge in [-0.25, -0.2) is 4.39 Å². The van der Waals surface area contributed by atoms with E-state index in [0.717, 1.165) is 0 Å². The van der Waals surface area contributed by atoms with Crippen molar-refractivity contribution in [3.63, 3.8) is 0 Å². The van der Waals surface area contributed by atoms with Crippen molar-refractivity contribution in [1.29, 1.82) is 0 Å². The Hall–Kier alpha value is -2.02. The van der Waals surface area contributed by atoms with E-state index >= 15 is 0 Å². The van der Waals surface area contributed by atoms with Crippen LogP contribution in [0.4, 0.5) is 4.39 Å². The summed E-state index contributed by atoms with van der Waals surface area (Å²) >= 11 is 13.5.